The Balaban J connectivity index is 1.76. The van der Waals surface area contributed by atoms with E-state index in [2.05, 4.69) is 74.3 Å². The van der Waals surface area contributed by atoms with Gasteiger partial charge in [-0.25, -0.2) is 4.98 Å². The highest BCUT2D eigenvalue weighted by atomic mass is 28.4. The summed E-state index contributed by atoms with van der Waals surface area (Å²) < 4.78 is 8.97. The Labute approximate surface area is 179 Å². The quantitative estimate of drug-likeness (QED) is 0.621. The second kappa shape index (κ2) is 8.11. The highest BCUT2D eigenvalue weighted by Gasteiger charge is 2.50. The van der Waals surface area contributed by atoms with Crippen LogP contribution in [-0.2, 0) is 4.43 Å². The lowest BCUT2D eigenvalue weighted by molar-refractivity contribution is -0.0218. The van der Waals surface area contributed by atoms with Crippen LogP contribution in [0.15, 0.2) is 73.2 Å². The summed E-state index contributed by atoms with van der Waals surface area (Å²) in [7, 11) is -2.65. The second-order valence-corrected chi connectivity index (χ2v) is 13.4. The minimum Gasteiger partial charge on any atom is -0.405 e. The minimum atomic E-state index is -2.65. The van der Waals surface area contributed by atoms with E-state index in [9.17, 15) is 10.2 Å². The summed E-state index contributed by atoms with van der Waals surface area (Å²) in [6.45, 7) is 7.20. The average molecular weight is 423 g/mol. The van der Waals surface area contributed by atoms with Gasteiger partial charge >= 0.3 is 0 Å². The molecule has 0 bridgehead atoms. The van der Waals surface area contributed by atoms with Crippen molar-refractivity contribution < 1.29 is 14.6 Å². The van der Waals surface area contributed by atoms with Crippen molar-refractivity contribution in [3.8, 4) is 0 Å². The predicted octanol–water partition coefficient (Wildman–Crippen LogP) is 2.80. The zero-order valence-corrected chi connectivity index (χ0v) is 18.8. The van der Waals surface area contributed by atoms with Gasteiger partial charge in [-0.1, -0.05) is 81.4 Å². The van der Waals surface area contributed by atoms with Gasteiger partial charge in [-0.05, 0) is 21.8 Å². The monoisotopic (exact) mass is 422 g/mol. The summed E-state index contributed by atoms with van der Waals surface area (Å²) in [6, 6.07) is 21.0. The van der Waals surface area contributed by atoms with Crippen LogP contribution >= 0.6 is 0 Å². The summed E-state index contributed by atoms with van der Waals surface area (Å²) in [6.07, 6.45) is 2.06. The molecule has 2 aromatic carbocycles. The maximum Gasteiger partial charge on any atom is 0.261 e. The van der Waals surface area contributed by atoms with Crippen molar-refractivity contribution in [2.45, 2.75) is 50.5 Å². The number of aromatic nitrogens is 2. The summed E-state index contributed by atoms with van der Waals surface area (Å²) >= 11 is 0. The van der Waals surface area contributed by atoms with Crippen LogP contribution in [0, 0.1) is 0 Å². The molecule has 0 unspecified atom stereocenters. The third-order valence-corrected chi connectivity index (χ3v) is 11.2. The molecule has 3 atom stereocenters. The molecule has 5 nitrogen and oxygen atoms in total. The lowest BCUT2D eigenvalue weighted by Crippen LogP contribution is -2.67. The van der Waals surface area contributed by atoms with E-state index in [-0.39, 0.29) is 11.1 Å². The topological polar surface area (TPSA) is 67.5 Å². The van der Waals surface area contributed by atoms with Gasteiger partial charge in [-0.3, -0.25) is 0 Å². The fourth-order valence-corrected chi connectivity index (χ4v) is 9.30. The van der Waals surface area contributed by atoms with E-state index in [1.807, 2.05) is 16.7 Å². The molecule has 158 valence electrons. The van der Waals surface area contributed by atoms with Gasteiger partial charge in [0.05, 0.1) is 37.0 Å². The molecule has 0 saturated carbocycles. The van der Waals surface area contributed by atoms with Crippen molar-refractivity contribution in [1.29, 1.82) is 0 Å². The number of hydrogen-bond donors (Lipinski definition) is 2. The second-order valence-electron chi connectivity index (χ2n) is 9.10. The number of rotatable bonds is 5. The fraction of sp³-hybridized carbons (Fsp3) is 0.375. The Kier molecular flexibility index (Phi) is 5.68. The number of imidazole rings is 1. The predicted molar refractivity (Wildman–Crippen MR) is 120 cm³/mol. The van der Waals surface area contributed by atoms with Crippen molar-refractivity contribution in [2.75, 3.05) is 6.61 Å². The molecule has 2 heterocycles. The third kappa shape index (κ3) is 3.54. The van der Waals surface area contributed by atoms with E-state index in [0.29, 0.717) is 18.7 Å². The van der Waals surface area contributed by atoms with Gasteiger partial charge in [0.2, 0.25) is 0 Å². The van der Waals surface area contributed by atoms with Crippen LogP contribution in [0.2, 0.25) is 5.04 Å². The first-order valence-corrected chi connectivity index (χ1v) is 12.4. The van der Waals surface area contributed by atoms with Gasteiger partial charge in [0, 0.05) is 0 Å². The average Bonchev–Trinajstić information content (AvgIpc) is 3.23. The smallest absolute Gasteiger partial charge is 0.261 e. The molecule has 1 aliphatic rings. The first-order chi connectivity index (χ1) is 14.3. The van der Waals surface area contributed by atoms with Crippen LogP contribution in [0.5, 0.6) is 0 Å². The van der Waals surface area contributed by atoms with E-state index in [1.165, 1.54) is 10.4 Å². The lowest BCUT2D eigenvalue weighted by Gasteiger charge is -2.44. The molecule has 0 fully saturated rings. The zero-order chi connectivity index (χ0) is 21.4. The van der Waals surface area contributed by atoms with Gasteiger partial charge < -0.3 is 19.2 Å². The summed E-state index contributed by atoms with van der Waals surface area (Å²) in [4.78, 5) is 4.20. The highest BCUT2D eigenvalue weighted by Crippen LogP contribution is 2.39. The van der Waals surface area contributed by atoms with Crippen molar-refractivity contribution in [3.63, 3.8) is 0 Å². The lowest BCUT2D eigenvalue weighted by atomic mass is 9.98. The van der Waals surface area contributed by atoms with Gasteiger partial charge in [0.25, 0.3) is 8.32 Å². The molecule has 0 radical (unpaired) electrons. The highest BCUT2D eigenvalue weighted by molar-refractivity contribution is 6.99. The van der Waals surface area contributed by atoms with Crippen molar-refractivity contribution in [3.05, 3.63) is 78.9 Å². The number of aliphatic hydroxyl groups excluding tert-OH is 2. The van der Waals surface area contributed by atoms with Crippen LogP contribution in [0.1, 0.15) is 45.0 Å². The summed E-state index contributed by atoms with van der Waals surface area (Å²) in [5.41, 5.74) is 0.643. The van der Waals surface area contributed by atoms with E-state index in [1.54, 1.807) is 12.5 Å². The Hall–Kier alpha value is -2.25. The normalized spacial score (nSPS) is 22.0. The van der Waals surface area contributed by atoms with Crippen molar-refractivity contribution in [2.24, 2.45) is 0 Å². The first kappa shape index (κ1) is 21.0. The third-order valence-electron chi connectivity index (χ3n) is 6.18. The van der Waals surface area contributed by atoms with E-state index in [0.717, 1.165) is 0 Å². The SMILES string of the molecule is CC(C)(C)[Si](OC[C@H]1C[C@H](O)[C@H](O)c2cncn21)(c1ccccc1)c1ccccc1. The number of aliphatic hydroxyl groups is 2. The van der Waals surface area contributed by atoms with Gasteiger partial charge in [-0.15, -0.1) is 0 Å². The molecule has 2 N–H and O–H groups in total. The van der Waals surface area contributed by atoms with Gasteiger partial charge in [0.15, 0.2) is 0 Å². The van der Waals surface area contributed by atoms with Crippen LogP contribution in [0.25, 0.3) is 0 Å². The maximum absolute atomic E-state index is 10.4. The Morgan fingerprint density at radius 1 is 1.00 bits per heavy atom. The molecule has 0 amide bonds. The maximum atomic E-state index is 10.4. The fourth-order valence-electron chi connectivity index (χ4n) is 4.70. The standard InChI is InChI=1S/C24H30N2O3Si/c1-24(2,3)30(19-10-6-4-7-11-19,20-12-8-5-9-13-20)29-16-18-14-22(27)23(28)21-15-25-17-26(18)21/h4-13,15,17-18,22-23,27-28H,14,16H2,1-3H3/t18-,22+,23-/m1/s1. The molecule has 0 aliphatic carbocycles. The van der Waals surface area contributed by atoms with Gasteiger partial charge in [-0.2, -0.15) is 0 Å². The van der Waals surface area contributed by atoms with E-state index in [4.69, 9.17) is 4.43 Å². The summed E-state index contributed by atoms with van der Waals surface area (Å²) in [5.74, 6) is 0. The number of fused-ring (bicyclic) bond motifs is 1. The Morgan fingerprint density at radius 2 is 1.57 bits per heavy atom. The molecular formula is C24H30N2O3Si. The van der Waals surface area contributed by atoms with Crippen molar-refractivity contribution in [1.82, 2.24) is 9.55 Å². The number of benzene rings is 2. The minimum absolute atomic E-state index is 0.0810. The number of hydrogen-bond acceptors (Lipinski definition) is 4. The van der Waals surface area contributed by atoms with Crippen molar-refractivity contribution >= 4 is 18.7 Å². The molecular weight excluding hydrogens is 392 g/mol. The molecule has 1 aromatic heterocycles. The molecule has 0 spiro atoms. The molecule has 4 rings (SSSR count). The van der Waals surface area contributed by atoms with Gasteiger partial charge in [0.1, 0.15) is 6.10 Å². The van der Waals surface area contributed by atoms with Crippen LogP contribution in [0.3, 0.4) is 0 Å². The zero-order valence-electron chi connectivity index (χ0n) is 17.8. The van der Waals surface area contributed by atoms with E-state index < -0.39 is 20.5 Å². The Morgan fingerprint density at radius 3 is 2.10 bits per heavy atom. The number of nitrogens with zero attached hydrogens (tertiary/aromatic N) is 2. The Bertz CT molecular complexity index is 929. The molecule has 1 aliphatic heterocycles. The summed E-state index contributed by atoms with van der Waals surface area (Å²) in [5, 5.41) is 23.1. The molecule has 0 saturated heterocycles. The van der Waals surface area contributed by atoms with E-state index >= 15 is 0 Å². The van der Waals surface area contributed by atoms with Crippen LogP contribution in [0.4, 0.5) is 0 Å². The van der Waals surface area contributed by atoms with Crippen LogP contribution < -0.4 is 10.4 Å². The largest absolute Gasteiger partial charge is 0.405 e. The van der Waals surface area contributed by atoms with Crippen LogP contribution in [-0.4, -0.2) is 40.8 Å². The molecule has 6 heteroatoms. The first-order valence-electron chi connectivity index (χ1n) is 10.5. The molecule has 3 aromatic rings. The molecule has 30 heavy (non-hydrogen) atoms.